The lowest BCUT2D eigenvalue weighted by Crippen LogP contribution is -2.30. The monoisotopic (exact) mass is 441 g/mol. The highest BCUT2D eigenvalue weighted by molar-refractivity contribution is 7.80. The molecule has 3 aromatic heterocycles. The van der Waals surface area contributed by atoms with Gasteiger partial charge in [0.25, 0.3) is 0 Å². The van der Waals surface area contributed by atoms with E-state index in [-0.39, 0.29) is 12.1 Å². The van der Waals surface area contributed by atoms with Crippen LogP contribution in [0.3, 0.4) is 0 Å². The molecule has 1 aliphatic heterocycles. The zero-order valence-electron chi connectivity index (χ0n) is 17.6. The van der Waals surface area contributed by atoms with E-state index in [1.165, 1.54) is 0 Å². The van der Waals surface area contributed by atoms with Crippen LogP contribution in [0.5, 0.6) is 5.75 Å². The predicted octanol–water partition coefficient (Wildman–Crippen LogP) is 4.45. The van der Waals surface area contributed by atoms with Gasteiger partial charge in [0.05, 0.1) is 36.8 Å². The summed E-state index contributed by atoms with van der Waals surface area (Å²) < 4.78 is 7.48. The fourth-order valence-corrected chi connectivity index (χ4v) is 4.50. The van der Waals surface area contributed by atoms with Crippen LogP contribution in [-0.2, 0) is 6.54 Å². The fourth-order valence-electron chi connectivity index (χ4n) is 4.19. The third-order valence-corrected chi connectivity index (χ3v) is 6.07. The molecule has 32 heavy (non-hydrogen) atoms. The van der Waals surface area contributed by atoms with Gasteiger partial charge in [0.15, 0.2) is 5.11 Å². The maximum atomic E-state index is 5.82. The minimum Gasteiger partial charge on any atom is -0.497 e. The molecule has 0 spiro atoms. The third kappa shape index (κ3) is 3.83. The number of aromatic nitrogens is 3. The number of hydrogen-bond donors (Lipinski definition) is 1. The lowest BCUT2D eigenvalue weighted by Gasteiger charge is -2.29. The van der Waals surface area contributed by atoms with Gasteiger partial charge >= 0.3 is 0 Å². The van der Waals surface area contributed by atoms with E-state index in [2.05, 4.69) is 61.3 Å². The first kappa shape index (κ1) is 20.2. The molecular weight excluding hydrogens is 418 g/mol. The van der Waals surface area contributed by atoms with Crippen molar-refractivity contribution in [2.75, 3.05) is 7.11 Å². The summed E-state index contributed by atoms with van der Waals surface area (Å²) in [6.45, 7) is 0.669. The number of benzene rings is 1. The molecule has 1 aliphatic rings. The van der Waals surface area contributed by atoms with E-state index < -0.39 is 0 Å². The van der Waals surface area contributed by atoms with Gasteiger partial charge < -0.3 is 19.5 Å². The Labute approximate surface area is 192 Å². The minimum absolute atomic E-state index is 0.0466. The van der Waals surface area contributed by atoms with Gasteiger partial charge in [-0.2, -0.15) is 0 Å². The molecule has 160 valence electrons. The Hall–Kier alpha value is -3.71. The Morgan fingerprint density at radius 1 is 1.00 bits per heavy atom. The summed E-state index contributed by atoms with van der Waals surface area (Å²) >= 11 is 5.82. The van der Waals surface area contributed by atoms with Crippen molar-refractivity contribution in [1.82, 2.24) is 24.8 Å². The van der Waals surface area contributed by atoms with Gasteiger partial charge in [0, 0.05) is 30.8 Å². The maximum Gasteiger partial charge on any atom is 0.170 e. The van der Waals surface area contributed by atoms with Crippen LogP contribution in [0.15, 0.2) is 91.5 Å². The summed E-state index contributed by atoms with van der Waals surface area (Å²) in [4.78, 5) is 11.2. The van der Waals surface area contributed by atoms with Crippen molar-refractivity contribution < 1.29 is 4.74 Å². The first-order valence-electron chi connectivity index (χ1n) is 10.4. The third-order valence-electron chi connectivity index (χ3n) is 5.72. The normalized spacial score (nSPS) is 17.9. The molecule has 0 amide bonds. The van der Waals surface area contributed by atoms with E-state index in [0.717, 1.165) is 28.4 Å². The first-order valence-corrected chi connectivity index (χ1v) is 10.8. The topological polar surface area (TPSA) is 55.2 Å². The van der Waals surface area contributed by atoms with E-state index in [1.54, 1.807) is 13.3 Å². The van der Waals surface area contributed by atoms with Crippen LogP contribution < -0.4 is 10.1 Å². The first-order chi connectivity index (χ1) is 15.7. The van der Waals surface area contributed by atoms with Gasteiger partial charge in [-0.15, -0.1) is 0 Å². The van der Waals surface area contributed by atoms with E-state index >= 15 is 0 Å². The second-order valence-electron chi connectivity index (χ2n) is 7.62. The van der Waals surface area contributed by atoms with Crippen molar-refractivity contribution in [2.45, 2.75) is 18.6 Å². The average Bonchev–Trinajstić information content (AvgIpc) is 3.45. The zero-order chi connectivity index (χ0) is 21.9. The van der Waals surface area contributed by atoms with Gasteiger partial charge in [0.2, 0.25) is 0 Å². The summed E-state index contributed by atoms with van der Waals surface area (Å²) in [5.74, 6) is 0.837. The van der Waals surface area contributed by atoms with Crippen molar-refractivity contribution in [3.63, 3.8) is 0 Å². The Morgan fingerprint density at radius 3 is 2.59 bits per heavy atom. The number of methoxy groups -OCH3 is 1. The zero-order valence-corrected chi connectivity index (χ0v) is 18.4. The minimum atomic E-state index is -0.0766. The number of hydrogen-bond acceptors (Lipinski definition) is 4. The highest BCUT2D eigenvalue weighted by Gasteiger charge is 2.41. The van der Waals surface area contributed by atoms with Gasteiger partial charge in [-0.05, 0) is 66.3 Å². The van der Waals surface area contributed by atoms with Crippen molar-refractivity contribution >= 4 is 17.3 Å². The van der Waals surface area contributed by atoms with E-state index in [1.807, 2.05) is 48.8 Å². The molecule has 0 saturated carbocycles. The molecule has 0 radical (unpaired) electrons. The highest BCUT2D eigenvalue weighted by Crippen LogP contribution is 2.40. The van der Waals surface area contributed by atoms with Crippen molar-refractivity contribution in [2.24, 2.45) is 0 Å². The number of nitrogens with zero attached hydrogens (tertiary/aromatic N) is 4. The average molecular weight is 442 g/mol. The van der Waals surface area contributed by atoms with Crippen molar-refractivity contribution in [3.8, 4) is 11.4 Å². The molecule has 1 N–H and O–H groups in total. The van der Waals surface area contributed by atoms with E-state index in [0.29, 0.717) is 11.7 Å². The Morgan fingerprint density at radius 2 is 1.88 bits per heavy atom. The van der Waals surface area contributed by atoms with Crippen molar-refractivity contribution in [1.29, 1.82) is 0 Å². The molecule has 5 rings (SSSR count). The highest BCUT2D eigenvalue weighted by atomic mass is 32.1. The molecule has 0 bridgehead atoms. The smallest absolute Gasteiger partial charge is 0.170 e. The second-order valence-corrected chi connectivity index (χ2v) is 8.00. The second kappa shape index (κ2) is 8.80. The van der Waals surface area contributed by atoms with Crippen molar-refractivity contribution in [3.05, 3.63) is 108 Å². The summed E-state index contributed by atoms with van der Waals surface area (Å²) in [5.41, 5.74) is 4.24. The molecule has 4 heterocycles. The summed E-state index contributed by atoms with van der Waals surface area (Å²) in [6, 6.07) is 22.2. The fraction of sp³-hybridized carbons (Fsp3) is 0.160. The Kier molecular flexibility index (Phi) is 5.56. The summed E-state index contributed by atoms with van der Waals surface area (Å²) in [7, 11) is 1.68. The number of rotatable bonds is 6. The van der Waals surface area contributed by atoms with Gasteiger partial charge in [0.1, 0.15) is 5.75 Å². The quantitative estimate of drug-likeness (QED) is 0.446. The molecule has 1 aromatic carbocycles. The standard InChI is InChI=1S/C25H23N5OS/c1-31-20-11-9-18(10-12-20)17-30-24(23(28-25(30)32)21-7-2-3-14-27-21)22-8-5-15-29(22)19-6-4-13-26-16-19/h2-16,23-24H,17H2,1H3,(H,28,32). The lowest BCUT2D eigenvalue weighted by molar-refractivity contribution is 0.302. The Balaban J connectivity index is 1.57. The Bertz CT molecular complexity index is 1190. The van der Waals surface area contributed by atoms with Crippen LogP contribution in [0, 0.1) is 0 Å². The lowest BCUT2D eigenvalue weighted by atomic mass is 10.0. The number of pyridine rings is 2. The molecule has 0 aliphatic carbocycles. The molecular formula is C25H23N5OS. The SMILES string of the molecule is COc1ccc(CN2C(=S)NC(c3ccccn3)C2c2cccn2-c2cccnc2)cc1. The van der Waals surface area contributed by atoms with Gasteiger partial charge in [-0.1, -0.05) is 18.2 Å². The van der Waals surface area contributed by atoms with E-state index in [9.17, 15) is 0 Å². The summed E-state index contributed by atoms with van der Waals surface area (Å²) in [5, 5.41) is 4.23. The van der Waals surface area contributed by atoms with Crippen LogP contribution >= 0.6 is 12.2 Å². The molecule has 6 nitrogen and oxygen atoms in total. The van der Waals surface area contributed by atoms with Crippen LogP contribution in [0.4, 0.5) is 0 Å². The number of ether oxygens (including phenoxy) is 1. The van der Waals surface area contributed by atoms with Gasteiger partial charge in [-0.3, -0.25) is 9.97 Å². The predicted molar refractivity (Wildman–Crippen MR) is 128 cm³/mol. The maximum absolute atomic E-state index is 5.82. The molecule has 1 saturated heterocycles. The van der Waals surface area contributed by atoms with E-state index in [4.69, 9.17) is 17.0 Å². The van der Waals surface area contributed by atoms with Crippen LogP contribution in [0.2, 0.25) is 0 Å². The molecule has 4 aromatic rings. The van der Waals surface area contributed by atoms with Gasteiger partial charge in [-0.25, -0.2) is 0 Å². The molecule has 2 atom stereocenters. The van der Waals surface area contributed by atoms with Crippen LogP contribution in [-0.4, -0.2) is 31.7 Å². The summed E-state index contributed by atoms with van der Waals surface area (Å²) in [6.07, 6.45) is 7.54. The number of thiocarbonyl (C=S) groups is 1. The molecule has 1 fully saturated rings. The largest absolute Gasteiger partial charge is 0.497 e. The van der Waals surface area contributed by atoms with Crippen LogP contribution in [0.1, 0.15) is 29.0 Å². The van der Waals surface area contributed by atoms with Crippen LogP contribution in [0.25, 0.3) is 5.69 Å². The molecule has 7 heteroatoms. The molecule has 2 unspecified atom stereocenters. The number of nitrogens with one attached hydrogen (secondary N) is 1.